The number of rotatable bonds is 3. The highest BCUT2D eigenvalue weighted by molar-refractivity contribution is 14.1. The van der Waals surface area contributed by atoms with Crippen LogP contribution in [0.25, 0.3) is 0 Å². The fourth-order valence-corrected chi connectivity index (χ4v) is 1.43. The standard InChI is InChI=1S/C12H15IO3/c1-4-12(2,3)11(15)16-9-7-5-6-8(14)10(9)13/h5-7,14H,4H2,1-3H3. The molecule has 0 saturated carbocycles. The van der Waals surface area contributed by atoms with Crippen molar-refractivity contribution < 1.29 is 14.6 Å². The Hall–Kier alpha value is -0.780. The lowest BCUT2D eigenvalue weighted by molar-refractivity contribution is -0.144. The van der Waals surface area contributed by atoms with E-state index in [1.165, 1.54) is 0 Å². The fraction of sp³-hybridized carbons (Fsp3) is 0.417. The molecule has 0 fully saturated rings. The van der Waals surface area contributed by atoms with Crippen LogP contribution in [0.3, 0.4) is 0 Å². The zero-order chi connectivity index (χ0) is 12.3. The number of carbonyl (C=O) groups is 1. The Kier molecular flexibility index (Phi) is 4.18. The number of hydrogen-bond donors (Lipinski definition) is 1. The number of halogens is 1. The highest BCUT2D eigenvalue weighted by Crippen LogP contribution is 2.31. The van der Waals surface area contributed by atoms with E-state index in [0.29, 0.717) is 15.7 Å². The van der Waals surface area contributed by atoms with Gasteiger partial charge < -0.3 is 9.84 Å². The molecule has 0 heterocycles. The van der Waals surface area contributed by atoms with Gasteiger partial charge in [-0.05, 0) is 55.0 Å². The molecule has 0 bridgehead atoms. The topological polar surface area (TPSA) is 46.5 Å². The van der Waals surface area contributed by atoms with Gasteiger partial charge in [-0.1, -0.05) is 13.0 Å². The first-order valence-electron chi connectivity index (χ1n) is 5.08. The molecule has 0 aromatic heterocycles. The van der Waals surface area contributed by atoms with Crippen molar-refractivity contribution >= 4 is 28.6 Å². The molecule has 0 aliphatic carbocycles. The largest absolute Gasteiger partial charge is 0.507 e. The third-order valence-corrected chi connectivity index (χ3v) is 3.67. The molecule has 1 rings (SSSR count). The van der Waals surface area contributed by atoms with Crippen LogP contribution in [0.2, 0.25) is 0 Å². The van der Waals surface area contributed by atoms with Gasteiger partial charge in [-0.2, -0.15) is 0 Å². The number of aromatic hydroxyl groups is 1. The van der Waals surface area contributed by atoms with Gasteiger partial charge in [-0.15, -0.1) is 0 Å². The van der Waals surface area contributed by atoms with Crippen LogP contribution in [0.5, 0.6) is 11.5 Å². The van der Waals surface area contributed by atoms with Crippen molar-refractivity contribution in [3.63, 3.8) is 0 Å². The highest BCUT2D eigenvalue weighted by Gasteiger charge is 2.28. The van der Waals surface area contributed by atoms with E-state index in [2.05, 4.69) is 0 Å². The van der Waals surface area contributed by atoms with Gasteiger partial charge in [0.2, 0.25) is 0 Å². The summed E-state index contributed by atoms with van der Waals surface area (Å²) in [6, 6.07) is 4.88. The van der Waals surface area contributed by atoms with Crippen LogP contribution in [0.1, 0.15) is 27.2 Å². The van der Waals surface area contributed by atoms with Gasteiger partial charge in [0.05, 0.1) is 8.99 Å². The summed E-state index contributed by atoms with van der Waals surface area (Å²) in [6.07, 6.45) is 0.710. The Balaban J connectivity index is 2.90. The normalized spacial score (nSPS) is 11.2. The molecule has 3 nitrogen and oxygen atoms in total. The van der Waals surface area contributed by atoms with Crippen LogP contribution in [0, 0.1) is 8.99 Å². The first-order chi connectivity index (χ1) is 7.38. The molecular formula is C12H15IO3. The van der Waals surface area contributed by atoms with Crippen LogP contribution in [-0.4, -0.2) is 11.1 Å². The number of carbonyl (C=O) groups excluding carboxylic acids is 1. The molecule has 0 spiro atoms. The summed E-state index contributed by atoms with van der Waals surface area (Å²) in [7, 11) is 0. The van der Waals surface area contributed by atoms with E-state index in [4.69, 9.17) is 4.74 Å². The number of benzene rings is 1. The van der Waals surface area contributed by atoms with Crippen molar-refractivity contribution in [3.8, 4) is 11.5 Å². The Morgan fingerprint density at radius 1 is 1.50 bits per heavy atom. The molecule has 4 heteroatoms. The van der Waals surface area contributed by atoms with Gasteiger partial charge in [-0.3, -0.25) is 4.79 Å². The lowest BCUT2D eigenvalue weighted by Crippen LogP contribution is -2.28. The number of esters is 1. The maximum absolute atomic E-state index is 11.8. The smallest absolute Gasteiger partial charge is 0.316 e. The molecule has 1 aromatic carbocycles. The van der Waals surface area contributed by atoms with E-state index in [1.54, 1.807) is 18.2 Å². The number of phenols is 1. The molecule has 88 valence electrons. The molecule has 0 aliphatic heterocycles. The van der Waals surface area contributed by atoms with E-state index >= 15 is 0 Å². The summed E-state index contributed by atoms with van der Waals surface area (Å²) in [5.41, 5.74) is -0.505. The van der Waals surface area contributed by atoms with E-state index in [-0.39, 0.29) is 11.7 Å². The molecule has 1 N–H and O–H groups in total. The SMILES string of the molecule is CCC(C)(C)C(=O)Oc1cccc(O)c1I. The quantitative estimate of drug-likeness (QED) is 0.524. The monoisotopic (exact) mass is 334 g/mol. The molecule has 0 unspecified atom stereocenters. The van der Waals surface area contributed by atoms with E-state index in [0.717, 1.165) is 0 Å². The number of ether oxygens (including phenoxy) is 1. The third kappa shape index (κ3) is 2.87. The summed E-state index contributed by atoms with van der Waals surface area (Å²) in [6.45, 7) is 5.62. The van der Waals surface area contributed by atoms with E-state index < -0.39 is 5.41 Å². The van der Waals surface area contributed by atoms with Gasteiger partial charge in [0.1, 0.15) is 11.5 Å². The Bertz CT molecular complexity index is 399. The maximum Gasteiger partial charge on any atom is 0.316 e. The fourth-order valence-electron chi connectivity index (χ4n) is 0.960. The van der Waals surface area contributed by atoms with Crippen molar-refractivity contribution in [2.45, 2.75) is 27.2 Å². The Morgan fingerprint density at radius 3 is 2.69 bits per heavy atom. The van der Waals surface area contributed by atoms with Crippen LogP contribution in [0.4, 0.5) is 0 Å². The average molecular weight is 334 g/mol. The summed E-state index contributed by atoms with van der Waals surface area (Å²) in [5.74, 6) is 0.255. The average Bonchev–Trinajstić information content (AvgIpc) is 2.24. The lowest BCUT2D eigenvalue weighted by Gasteiger charge is -2.20. The van der Waals surface area contributed by atoms with Crippen LogP contribution >= 0.6 is 22.6 Å². The minimum Gasteiger partial charge on any atom is -0.507 e. The minimum atomic E-state index is -0.505. The van der Waals surface area contributed by atoms with Crippen LogP contribution in [0.15, 0.2) is 18.2 Å². The van der Waals surface area contributed by atoms with Gasteiger partial charge in [0.25, 0.3) is 0 Å². The van der Waals surface area contributed by atoms with Crippen LogP contribution in [-0.2, 0) is 4.79 Å². The van der Waals surface area contributed by atoms with Crippen molar-refractivity contribution in [1.82, 2.24) is 0 Å². The second-order valence-electron chi connectivity index (χ2n) is 4.22. The molecule has 0 radical (unpaired) electrons. The highest BCUT2D eigenvalue weighted by atomic mass is 127. The summed E-state index contributed by atoms with van der Waals surface area (Å²) < 4.78 is 5.83. The van der Waals surface area contributed by atoms with E-state index in [9.17, 15) is 9.90 Å². The number of hydrogen-bond acceptors (Lipinski definition) is 3. The van der Waals surface area contributed by atoms with Crippen molar-refractivity contribution in [2.75, 3.05) is 0 Å². The van der Waals surface area contributed by atoms with Crippen molar-refractivity contribution in [2.24, 2.45) is 5.41 Å². The lowest BCUT2D eigenvalue weighted by atomic mass is 9.91. The van der Waals surface area contributed by atoms with Crippen molar-refractivity contribution in [1.29, 1.82) is 0 Å². The molecule has 16 heavy (non-hydrogen) atoms. The predicted octanol–water partition coefficient (Wildman–Crippen LogP) is 3.34. The summed E-state index contributed by atoms with van der Waals surface area (Å²) >= 11 is 1.95. The second kappa shape index (κ2) is 5.03. The van der Waals surface area contributed by atoms with Gasteiger partial charge in [0.15, 0.2) is 0 Å². The van der Waals surface area contributed by atoms with E-state index in [1.807, 2.05) is 43.4 Å². The molecule has 1 aromatic rings. The maximum atomic E-state index is 11.8. The van der Waals surface area contributed by atoms with Gasteiger partial charge in [-0.25, -0.2) is 0 Å². The predicted molar refractivity (Wildman–Crippen MR) is 70.5 cm³/mol. The Morgan fingerprint density at radius 2 is 2.12 bits per heavy atom. The first-order valence-corrected chi connectivity index (χ1v) is 6.16. The molecule has 0 aliphatic rings. The third-order valence-electron chi connectivity index (χ3n) is 2.58. The molecular weight excluding hydrogens is 319 g/mol. The minimum absolute atomic E-state index is 0.125. The Labute approximate surface area is 109 Å². The molecule has 0 amide bonds. The first kappa shape index (κ1) is 13.3. The molecule has 0 atom stereocenters. The second-order valence-corrected chi connectivity index (χ2v) is 5.29. The van der Waals surface area contributed by atoms with Gasteiger partial charge in [0, 0.05) is 0 Å². The molecule has 0 saturated heterocycles. The van der Waals surface area contributed by atoms with Crippen LogP contribution < -0.4 is 4.74 Å². The summed E-state index contributed by atoms with van der Waals surface area (Å²) in [4.78, 5) is 11.8. The van der Waals surface area contributed by atoms with Gasteiger partial charge >= 0.3 is 5.97 Å². The summed E-state index contributed by atoms with van der Waals surface area (Å²) in [5, 5.41) is 9.47. The van der Waals surface area contributed by atoms with Crippen molar-refractivity contribution in [3.05, 3.63) is 21.8 Å². The number of phenolic OH excluding ortho intramolecular Hbond substituents is 1. The zero-order valence-electron chi connectivity index (χ0n) is 9.58. The zero-order valence-corrected chi connectivity index (χ0v) is 11.7.